The Hall–Kier alpha value is -0.340. The molecule has 0 aromatic rings. The Morgan fingerprint density at radius 3 is 2.19 bits per heavy atom. The number of piperidine rings is 1. The van der Waals surface area contributed by atoms with E-state index in [0.29, 0.717) is 26.1 Å². The third-order valence-electron chi connectivity index (χ3n) is 4.04. The van der Waals surface area contributed by atoms with E-state index in [9.17, 15) is 26.7 Å². The Labute approximate surface area is 124 Å². The van der Waals surface area contributed by atoms with E-state index in [1.54, 1.807) is 13.8 Å². The van der Waals surface area contributed by atoms with Crippen molar-refractivity contribution in [2.45, 2.75) is 50.6 Å². The van der Waals surface area contributed by atoms with Gasteiger partial charge >= 0.3 is 6.18 Å². The quantitative estimate of drug-likeness (QED) is 0.807. The minimum Gasteiger partial charge on any atom is -0.383 e. The Morgan fingerprint density at radius 1 is 1.24 bits per heavy atom. The predicted molar refractivity (Wildman–Crippen MR) is 74.8 cm³/mol. The second-order valence-electron chi connectivity index (χ2n) is 5.93. The van der Waals surface area contributed by atoms with E-state index in [4.69, 9.17) is 0 Å². The van der Waals surface area contributed by atoms with E-state index in [0.717, 1.165) is 0 Å². The van der Waals surface area contributed by atoms with Crippen LogP contribution in [0.5, 0.6) is 0 Å². The van der Waals surface area contributed by atoms with Crippen molar-refractivity contribution in [3.63, 3.8) is 0 Å². The molecule has 0 aromatic carbocycles. The summed E-state index contributed by atoms with van der Waals surface area (Å²) in [5.74, 6) is -0.642. The second-order valence-corrected chi connectivity index (χ2v) is 8.61. The third kappa shape index (κ3) is 5.75. The van der Waals surface area contributed by atoms with Crippen molar-refractivity contribution in [2.75, 3.05) is 25.4 Å². The van der Waals surface area contributed by atoms with Crippen molar-refractivity contribution in [3.05, 3.63) is 0 Å². The zero-order chi connectivity index (χ0) is 16.3. The second kappa shape index (κ2) is 7.28. The standard InChI is InChI=1S/C13H24F3NO3S/c1-10(2)21(19,20)9-3-6-17-7-4-11(5-8-17)12(18)13(14,15)16/h10-12,18H,3-9H2,1-2H3. The maximum Gasteiger partial charge on any atom is 0.414 e. The molecule has 0 saturated carbocycles. The van der Waals surface area contributed by atoms with Gasteiger partial charge in [-0.05, 0) is 58.7 Å². The first-order valence-electron chi connectivity index (χ1n) is 7.22. The van der Waals surface area contributed by atoms with Crippen molar-refractivity contribution in [3.8, 4) is 0 Å². The number of likely N-dealkylation sites (tertiary alicyclic amines) is 1. The highest BCUT2D eigenvalue weighted by molar-refractivity contribution is 7.91. The Kier molecular flexibility index (Phi) is 6.49. The first kappa shape index (κ1) is 18.7. The number of rotatable bonds is 6. The number of sulfone groups is 1. The molecule has 1 aliphatic rings. The third-order valence-corrected chi connectivity index (χ3v) is 6.33. The first-order chi connectivity index (χ1) is 9.54. The van der Waals surface area contributed by atoms with E-state index < -0.39 is 33.3 Å². The van der Waals surface area contributed by atoms with Gasteiger partial charge in [0, 0.05) is 0 Å². The first-order valence-corrected chi connectivity index (χ1v) is 8.94. The Morgan fingerprint density at radius 2 is 1.76 bits per heavy atom. The minimum absolute atomic E-state index is 0.107. The van der Waals surface area contributed by atoms with Crippen LogP contribution in [0.3, 0.4) is 0 Å². The molecule has 1 atom stereocenters. The largest absolute Gasteiger partial charge is 0.414 e. The van der Waals surface area contributed by atoms with Crippen LogP contribution in [0.4, 0.5) is 13.2 Å². The van der Waals surface area contributed by atoms with Crippen molar-refractivity contribution in [2.24, 2.45) is 5.92 Å². The lowest BCUT2D eigenvalue weighted by Crippen LogP contribution is -2.43. The number of nitrogens with zero attached hydrogens (tertiary/aromatic N) is 1. The van der Waals surface area contributed by atoms with Gasteiger partial charge in [0.25, 0.3) is 0 Å². The minimum atomic E-state index is -4.56. The topological polar surface area (TPSA) is 57.6 Å². The van der Waals surface area contributed by atoms with Crippen LogP contribution in [0.15, 0.2) is 0 Å². The fourth-order valence-corrected chi connectivity index (χ4v) is 3.49. The predicted octanol–water partition coefficient (Wildman–Crippen LogP) is 1.83. The van der Waals surface area contributed by atoms with Crippen LogP contribution in [0, 0.1) is 5.92 Å². The van der Waals surface area contributed by atoms with Crippen LogP contribution in [0.25, 0.3) is 0 Å². The molecular weight excluding hydrogens is 307 g/mol. The molecule has 1 N–H and O–H groups in total. The van der Waals surface area contributed by atoms with Crippen molar-refractivity contribution >= 4 is 9.84 Å². The molecule has 1 unspecified atom stereocenters. The maximum absolute atomic E-state index is 12.4. The van der Waals surface area contributed by atoms with Crippen LogP contribution in [-0.4, -0.2) is 61.3 Å². The van der Waals surface area contributed by atoms with Gasteiger partial charge in [0.05, 0.1) is 11.0 Å². The van der Waals surface area contributed by atoms with Gasteiger partial charge in [-0.2, -0.15) is 13.2 Å². The summed E-state index contributed by atoms with van der Waals surface area (Å²) in [7, 11) is -3.06. The molecule has 8 heteroatoms. The van der Waals surface area contributed by atoms with E-state index in [1.165, 1.54) is 0 Å². The maximum atomic E-state index is 12.4. The molecule has 126 valence electrons. The number of hydrogen-bond donors (Lipinski definition) is 1. The van der Waals surface area contributed by atoms with E-state index >= 15 is 0 Å². The molecule has 0 amide bonds. The SMILES string of the molecule is CC(C)S(=O)(=O)CCCN1CCC(C(O)C(F)(F)F)CC1. The molecule has 0 spiro atoms. The molecule has 1 rings (SSSR count). The van der Waals surface area contributed by atoms with Gasteiger partial charge in [-0.25, -0.2) is 8.42 Å². The fourth-order valence-electron chi connectivity index (χ4n) is 2.48. The van der Waals surface area contributed by atoms with Gasteiger partial charge in [0.2, 0.25) is 0 Å². The number of aliphatic hydroxyl groups excluding tert-OH is 1. The Bertz CT molecular complexity index is 415. The van der Waals surface area contributed by atoms with E-state index in [2.05, 4.69) is 0 Å². The average Bonchev–Trinajstić information content (AvgIpc) is 2.37. The monoisotopic (exact) mass is 331 g/mol. The molecule has 1 saturated heterocycles. The van der Waals surface area contributed by atoms with Crippen LogP contribution in [-0.2, 0) is 9.84 Å². The van der Waals surface area contributed by atoms with Gasteiger partial charge in [-0.15, -0.1) is 0 Å². The highest BCUT2D eigenvalue weighted by atomic mass is 32.2. The number of hydrogen-bond acceptors (Lipinski definition) is 4. The highest BCUT2D eigenvalue weighted by Gasteiger charge is 2.44. The summed E-state index contributed by atoms with van der Waals surface area (Å²) in [5.41, 5.74) is 0. The molecule has 0 bridgehead atoms. The van der Waals surface area contributed by atoms with Crippen molar-refractivity contribution < 1.29 is 26.7 Å². The van der Waals surface area contributed by atoms with Gasteiger partial charge in [0.15, 0.2) is 15.9 Å². The Balaban J connectivity index is 2.32. The zero-order valence-electron chi connectivity index (χ0n) is 12.4. The summed E-state index contributed by atoms with van der Waals surface area (Å²) in [6, 6.07) is 0. The summed E-state index contributed by atoms with van der Waals surface area (Å²) in [5, 5.41) is 8.82. The molecule has 21 heavy (non-hydrogen) atoms. The summed E-state index contributed by atoms with van der Waals surface area (Å²) in [6.07, 6.45) is -5.73. The fraction of sp³-hybridized carbons (Fsp3) is 1.00. The van der Waals surface area contributed by atoms with Crippen LogP contribution in [0.2, 0.25) is 0 Å². The molecular formula is C13H24F3NO3S. The summed E-state index contributed by atoms with van der Waals surface area (Å²) >= 11 is 0. The van der Waals surface area contributed by atoms with E-state index in [-0.39, 0.29) is 18.6 Å². The number of aliphatic hydroxyl groups is 1. The molecule has 4 nitrogen and oxygen atoms in total. The van der Waals surface area contributed by atoms with Gasteiger partial charge in [-0.3, -0.25) is 0 Å². The summed E-state index contributed by atoms with van der Waals surface area (Å²) in [6.45, 7) is 4.79. The molecule has 0 radical (unpaired) electrons. The van der Waals surface area contributed by atoms with Crippen molar-refractivity contribution in [1.29, 1.82) is 0 Å². The van der Waals surface area contributed by atoms with Crippen LogP contribution in [0.1, 0.15) is 33.1 Å². The summed E-state index contributed by atoms with van der Waals surface area (Å²) < 4.78 is 60.5. The smallest absolute Gasteiger partial charge is 0.383 e. The summed E-state index contributed by atoms with van der Waals surface area (Å²) in [4.78, 5) is 1.97. The lowest BCUT2D eigenvalue weighted by molar-refractivity contribution is -0.223. The van der Waals surface area contributed by atoms with E-state index in [1.807, 2.05) is 4.90 Å². The van der Waals surface area contributed by atoms with Crippen LogP contribution < -0.4 is 0 Å². The lowest BCUT2D eigenvalue weighted by atomic mass is 9.91. The zero-order valence-corrected chi connectivity index (χ0v) is 13.3. The average molecular weight is 331 g/mol. The molecule has 1 aliphatic heterocycles. The normalized spacial score (nSPS) is 20.9. The molecule has 1 heterocycles. The number of alkyl halides is 3. The molecule has 0 aliphatic carbocycles. The number of halogens is 3. The van der Waals surface area contributed by atoms with Gasteiger partial charge in [-0.1, -0.05) is 0 Å². The van der Waals surface area contributed by atoms with Gasteiger partial charge < -0.3 is 10.0 Å². The highest BCUT2D eigenvalue weighted by Crippen LogP contribution is 2.31. The molecule has 0 aromatic heterocycles. The lowest BCUT2D eigenvalue weighted by Gasteiger charge is -2.34. The van der Waals surface area contributed by atoms with Crippen molar-refractivity contribution in [1.82, 2.24) is 4.90 Å². The van der Waals surface area contributed by atoms with Crippen LogP contribution >= 0.6 is 0 Å². The van der Waals surface area contributed by atoms with Gasteiger partial charge in [0.1, 0.15) is 0 Å². The molecule has 1 fully saturated rings.